The van der Waals surface area contributed by atoms with Gasteiger partial charge in [0.05, 0.1) is 24.9 Å². The lowest BCUT2D eigenvalue weighted by molar-refractivity contribution is 0.0106. The van der Waals surface area contributed by atoms with Crippen LogP contribution in [0, 0.1) is 0 Å². The monoisotopic (exact) mass is 571 g/mol. The number of rotatable bonds is 12. The van der Waals surface area contributed by atoms with E-state index in [1.54, 1.807) is 7.11 Å². The largest absolute Gasteiger partial charge is 0.490 e. The smallest absolute Gasteiger partial charge is 0.142 e. The van der Waals surface area contributed by atoms with Crippen LogP contribution in [0.3, 0.4) is 0 Å². The van der Waals surface area contributed by atoms with Crippen molar-refractivity contribution >= 4 is 5.69 Å². The minimum atomic E-state index is 0.143. The highest BCUT2D eigenvalue weighted by Gasteiger charge is 2.28. The number of anilines is 1. The number of fused-ring (bicyclic) bond motifs is 1. The van der Waals surface area contributed by atoms with Gasteiger partial charge in [-0.1, -0.05) is 48.5 Å². The molecule has 3 aliphatic rings. The normalized spacial score (nSPS) is 22.5. The van der Waals surface area contributed by atoms with Crippen molar-refractivity contribution in [2.24, 2.45) is 0 Å². The minimum absolute atomic E-state index is 0.143. The van der Waals surface area contributed by atoms with Crippen molar-refractivity contribution in [1.29, 1.82) is 0 Å². The van der Waals surface area contributed by atoms with E-state index >= 15 is 0 Å². The van der Waals surface area contributed by atoms with Crippen molar-refractivity contribution in [1.82, 2.24) is 10.2 Å². The molecule has 3 unspecified atom stereocenters. The predicted molar refractivity (Wildman–Crippen MR) is 167 cm³/mol. The molecular formula is C35H45N3O4. The van der Waals surface area contributed by atoms with Gasteiger partial charge in [0.2, 0.25) is 0 Å². The lowest BCUT2D eigenvalue weighted by atomic mass is 9.87. The van der Waals surface area contributed by atoms with Gasteiger partial charge >= 0.3 is 0 Å². The maximum atomic E-state index is 6.60. The van der Waals surface area contributed by atoms with Crippen LogP contribution in [0.2, 0.25) is 0 Å². The number of nitrogens with one attached hydrogen (secondary N) is 1. The van der Waals surface area contributed by atoms with Gasteiger partial charge in [0.25, 0.3) is 0 Å². The lowest BCUT2D eigenvalue weighted by Gasteiger charge is -2.33. The molecule has 0 aliphatic carbocycles. The van der Waals surface area contributed by atoms with Gasteiger partial charge in [-0.05, 0) is 66.8 Å². The summed E-state index contributed by atoms with van der Waals surface area (Å²) in [5.41, 5.74) is 5.09. The SMILES string of the molecule is COCCCN1CCOc2ccc(COC3CNCCC3c3ccc(CN4CCC(Oc5ccccc5)C4)cc3)cc21. The first-order valence-corrected chi connectivity index (χ1v) is 15.6. The van der Waals surface area contributed by atoms with Crippen molar-refractivity contribution in [3.05, 3.63) is 89.5 Å². The number of benzene rings is 3. The zero-order valence-corrected chi connectivity index (χ0v) is 24.9. The van der Waals surface area contributed by atoms with E-state index in [0.717, 1.165) is 89.8 Å². The Morgan fingerprint density at radius 3 is 2.67 bits per heavy atom. The highest BCUT2D eigenvalue weighted by Crippen LogP contribution is 2.34. The summed E-state index contributed by atoms with van der Waals surface area (Å²) in [7, 11) is 1.76. The van der Waals surface area contributed by atoms with Crippen LogP contribution in [-0.4, -0.2) is 76.7 Å². The minimum Gasteiger partial charge on any atom is -0.490 e. The van der Waals surface area contributed by atoms with E-state index in [4.69, 9.17) is 18.9 Å². The summed E-state index contributed by atoms with van der Waals surface area (Å²) in [6.07, 6.45) is 3.57. The number of ether oxygens (including phenoxy) is 4. The average Bonchev–Trinajstić information content (AvgIpc) is 3.47. The zero-order chi connectivity index (χ0) is 28.6. The van der Waals surface area contributed by atoms with E-state index in [9.17, 15) is 0 Å². The molecule has 7 nitrogen and oxygen atoms in total. The molecule has 224 valence electrons. The predicted octanol–water partition coefficient (Wildman–Crippen LogP) is 5.24. The third-order valence-corrected chi connectivity index (χ3v) is 8.74. The maximum absolute atomic E-state index is 6.60. The first-order valence-electron chi connectivity index (χ1n) is 15.6. The number of likely N-dealkylation sites (tertiary alicyclic amines) is 1. The summed E-state index contributed by atoms with van der Waals surface area (Å²) in [5, 5.41) is 3.55. The lowest BCUT2D eigenvalue weighted by Crippen LogP contribution is -2.41. The average molecular weight is 572 g/mol. The maximum Gasteiger partial charge on any atom is 0.142 e. The summed E-state index contributed by atoms with van der Waals surface area (Å²) < 4.78 is 24.0. The summed E-state index contributed by atoms with van der Waals surface area (Å²) in [4.78, 5) is 4.91. The van der Waals surface area contributed by atoms with Crippen LogP contribution in [0.25, 0.3) is 0 Å². The second-order valence-corrected chi connectivity index (χ2v) is 11.8. The van der Waals surface area contributed by atoms with E-state index < -0.39 is 0 Å². The van der Waals surface area contributed by atoms with Crippen LogP contribution in [0.4, 0.5) is 5.69 Å². The van der Waals surface area contributed by atoms with Crippen molar-refractivity contribution in [3.8, 4) is 11.5 Å². The Kier molecular flexibility index (Phi) is 9.93. The number of piperidine rings is 1. The van der Waals surface area contributed by atoms with Crippen molar-refractivity contribution in [2.45, 2.75) is 50.5 Å². The molecule has 0 radical (unpaired) electrons. The Labute approximate surface area is 250 Å². The highest BCUT2D eigenvalue weighted by atomic mass is 16.5. The van der Waals surface area contributed by atoms with Crippen LogP contribution < -0.4 is 19.7 Å². The molecule has 0 spiro atoms. The Morgan fingerprint density at radius 1 is 0.952 bits per heavy atom. The second kappa shape index (κ2) is 14.4. The highest BCUT2D eigenvalue weighted by molar-refractivity contribution is 5.61. The fraction of sp³-hybridized carbons (Fsp3) is 0.486. The van der Waals surface area contributed by atoms with Crippen molar-refractivity contribution in [2.75, 3.05) is 64.5 Å². The Morgan fingerprint density at radius 2 is 1.81 bits per heavy atom. The van der Waals surface area contributed by atoms with E-state index in [1.807, 2.05) is 30.3 Å². The van der Waals surface area contributed by atoms with Crippen LogP contribution >= 0.6 is 0 Å². The van der Waals surface area contributed by atoms with Crippen LogP contribution in [-0.2, 0) is 22.6 Å². The van der Waals surface area contributed by atoms with Gasteiger partial charge in [0.1, 0.15) is 24.2 Å². The number of hydrogen-bond donors (Lipinski definition) is 1. The van der Waals surface area contributed by atoms with Crippen LogP contribution in [0.15, 0.2) is 72.8 Å². The summed E-state index contributed by atoms with van der Waals surface area (Å²) in [5.74, 6) is 2.32. The molecule has 6 rings (SSSR count). The second-order valence-electron chi connectivity index (χ2n) is 11.8. The standard InChI is InChI=1S/C35H45N3O4/c1-39-20-5-17-38-19-21-40-34-13-10-28(22-33(34)38)26-41-35-23-36-16-14-32(35)29-11-8-27(9-12-29)24-37-18-15-31(25-37)42-30-6-3-2-4-7-30/h2-4,6-13,22,31-32,35-36H,5,14-21,23-26H2,1H3. The molecule has 0 saturated carbocycles. The van der Waals surface area contributed by atoms with Crippen molar-refractivity contribution in [3.63, 3.8) is 0 Å². The Hall–Kier alpha value is -3.10. The third-order valence-electron chi connectivity index (χ3n) is 8.74. The molecule has 0 amide bonds. The number of hydrogen-bond acceptors (Lipinski definition) is 7. The van der Waals surface area contributed by atoms with Gasteiger partial charge in [-0.25, -0.2) is 0 Å². The quantitative estimate of drug-likeness (QED) is 0.299. The van der Waals surface area contributed by atoms with Gasteiger partial charge in [-0.2, -0.15) is 0 Å². The molecule has 3 atom stereocenters. The first-order chi connectivity index (χ1) is 20.7. The molecule has 7 heteroatoms. The van der Waals surface area contributed by atoms with Gasteiger partial charge in [-0.15, -0.1) is 0 Å². The fourth-order valence-electron chi connectivity index (χ4n) is 6.49. The molecule has 2 fully saturated rings. The van der Waals surface area contributed by atoms with E-state index in [1.165, 1.54) is 22.4 Å². The van der Waals surface area contributed by atoms with Crippen LogP contribution in [0.5, 0.6) is 11.5 Å². The van der Waals surface area contributed by atoms with Crippen molar-refractivity contribution < 1.29 is 18.9 Å². The first kappa shape index (κ1) is 29.0. The summed E-state index contributed by atoms with van der Waals surface area (Å²) in [6.45, 7) is 8.89. The van der Waals surface area contributed by atoms with Gasteiger partial charge in [0, 0.05) is 52.4 Å². The molecule has 3 heterocycles. The molecule has 3 aromatic rings. The number of nitrogens with zero attached hydrogens (tertiary/aromatic N) is 2. The van der Waals surface area contributed by atoms with Crippen LogP contribution in [0.1, 0.15) is 41.9 Å². The summed E-state index contributed by atoms with van der Waals surface area (Å²) >= 11 is 0. The van der Waals surface area contributed by atoms with Gasteiger partial charge < -0.3 is 29.2 Å². The summed E-state index contributed by atoms with van der Waals surface area (Å²) in [6, 6.07) is 25.9. The fourth-order valence-corrected chi connectivity index (χ4v) is 6.49. The van der Waals surface area contributed by atoms with Gasteiger partial charge in [0.15, 0.2) is 0 Å². The van der Waals surface area contributed by atoms with E-state index in [-0.39, 0.29) is 12.2 Å². The zero-order valence-electron chi connectivity index (χ0n) is 24.9. The molecule has 1 N–H and O–H groups in total. The molecule has 3 aromatic carbocycles. The molecule has 0 aromatic heterocycles. The molecule has 42 heavy (non-hydrogen) atoms. The Bertz CT molecular complexity index is 1250. The Balaban J connectivity index is 1.03. The third kappa shape index (κ3) is 7.45. The topological polar surface area (TPSA) is 55.4 Å². The van der Waals surface area contributed by atoms with E-state index in [2.05, 4.69) is 57.6 Å². The molecule has 2 saturated heterocycles. The van der Waals surface area contributed by atoms with E-state index in [0.29, 0.717) is 12.5 Å². The number of methoxy groups -OCH3 is 1. The number of para-hydroxylation sites is 1. The molecule has 0 bridgehead atoms. The molecule has 3 aliphatic heterocycles. The van der Waals surface area contributed by atoms with Gasteiger partial charge in [-0.3, -0.25) is 4.90 Å². The molecular weight excluding hydrogens is 526 g/mol.